The van der Waals surface area contributed by atoms with E-state index in [0.29, 0.717) is 28.3 Å². The van der Waals surface area contributed by atoms with Crippen LogP contribution in [-0.2, 0) is 14.3 Å². The van der Waals surface area contributed by atoms with Crippen LogP contribution in [0.2, 0.25) is 0 Å². The molecule has 2 aromatic carbocycles. The summed E-state index contributed by atoms with van der Waals surface area (Å²) in [6.07, 6.45) is 2.62. The molecular formula is C22H19NO6. The van der Waals surface area contributed by atoms with Gasteiger partial charge < -0.3 is 19.2 Å². The molecule has 1 amide bonds. The van der Waals surface area contributed by atoms with Gasteiger partial charge in [0.2, 0.25) is 0 Å². The van der Waals surface area contributed by atoms with Crippen LogP contribution in [0.25, 0.3) is 17.0 Å². The number of rotatable bonds is 7. The Balaban J connectivity index is 1.57. The van der Waals surface area contributed by atoms with E-state index in [0.717, 1.165) is 5.39 Å². The molecule has 0 atom stereocenters. The molecule has 3 rings (SSSR count). The minimum atomic E-state index is -0.701. The predicted octanol–water partition coefficient (Wildman–Crippen LogP) is 3.84. The molecule has 0 saturated carbocycles. The molecule has 7 nitrogen and oxygen atoms in total. The Labute approximate surface area is 166 Å². The first-order valence-corrected chi connectivity index (χ1v) is 8.79. The molecule has 0 aliphatic heterocycles. The second-order valence-electron chi connectivity index (χ2n) is 6.12. The van der Waals surface area contributed by atoms with Gasteiger partial charge in [0.1, 0.15) is 5.76 Å². The van der Waals surface area contributed by atoms with Crippen LogP contribution in [0, 0.1) is 0 Å². The maximum atomic E-state index is 12.0. The summed E-state index contributed by atoms with van der Waals surface area (Å²) in [6.45, 7) is 0.923. The fraction of sp³-hybridized carbons (Fsp3) is 0.136. The van der Waals surface area contributed by atoms with Gasteiger partial charge in [0.05, 0.1) is 12.8 Å². The van der Waals surface area contributed by atoms with Crippen molar-refractivity contribution in [3.63, 3.8) is 0 Å². The van der Waals surface area contributed by atoms with E-state index >= 15 is 0 Å². The van der Waals surface area contributed by atoms with Crippen molar-refractivity contribution in [2.24, 2.45) is 0 Å². The van der Waals surface area contributed by atoms with Crippen LogP contribution in [0.15, 0.2) is 59.0 Å². The highest BCUT2D eigenvalue weighted by Crippen LogP contribution is 2.28. The van der Waals surface area contributed by atoms with E-state index < -0.39 is 18.5 Å². The van der Waals surface area contributed by atoms with E-state index in [1.807, 2.05) is 12.1 Å². The Kier molecular flexibility index (Phi) is 6.09. The third-order valence-corrected chi connectivity index (χ3v) is 4.06. The number of anilines is 1. The van der Waals surface area contributed by atoms with Gasteiger partial charge in [0.15, 0.2) is 23.7 Å². The van der Waals surface area contributed by atoms with Crippen molar-refractivity contribution in [1.82, 2.24) is 0 Å². The average Bonchev–Trinajstić information content (AvgIpc) is 3.14. The number of Topliss-reactive ketones (excluding diaryl/α,β-unsaturated/α-hetero) is 1. The number of fused-ring (bicyclic) bond motifs is 1. The van der Waals surface area contributed by atoms with Crippen LogP contribution < -0.4 is 10.1 Å². The normalized spacial score (nSPS) is 10.8. The first-order chi connectivity index (χ1) is 14.0. The molecule has 0 aliphatic rings. The lowest BCUT2D eigenvalue weighted by Crippen LogP contribution is -2.21. The van der Waals surface area contributed by atoms with Crippen LogP contribution in [0.3, 0.4) is 0 Å². The second-order valence-corrected chi connectivity index (χ2v) is 6.12. The number of carbonyl (C=O) groups is 3. The fourth-order valence-electron chi connectivity index (χ4n) is 2.72. The summed E-state index contributed by atoms with van der Waals surface area (Å²) in [5, 5.41) is 3.39. The molecule has 0 fully saturated rings. The smallest absolute Gasteiger partial charge is 0.331 e. The summed E-state index contributed by atoms with van der Waals surface area (Å²) in [5.74, 6) is -0.391. The highest BCUT2D eigenvalue weighted by atomic mass is 16.5. The lowest BCUT2D eigenvalue weighted by atomic mass is 10.1. The van der Waals surface area contributed by atoms with Crippen molar-refractivity contribution in [3.05, 3.63) is 65.9 Å². The van der Waals surface area contributed by atoms with Crippen LogP contribution in [-0.4, -0.2) is 31.4 Å². The Morgan fingerprint density at radius 3 is 2.66 bits per heavy atom. The van der Waals surface area contributed by atoms with Crippen molar-refractivity contribution >= 4 is 40.4 Å². The first-order valence-electron chi connectivity index (χ1n) is 8.79. The van der Waals surface area contributed by atoms with Gasteiger partial charge in [-0.1, -0.05) is 24.3 Å². The van der Waals surface area contributed by atoms with E-state index in [9.17, 15) is 14.4 Å². The Morgan fingerprint density at radius 1 is 1.10 bits per heavy atom. The molecule has 0 saturated heterocycles. The largest absolute Gasteiger partial charge is 0.493 e. The molecule has 148 valence electrons. The summed E-state index contributed by atoms with van der Waals surface area (Å²) in [5.41, 5.74) is 1.33. The van der Waals surface area contributed by atoms with Gasteiger partial charge in [-0.15, -0.1) is 0 Å². The molecule has 1 N–H and O–H groups in total. The summed E-state index contributed by atoms with van der Waals surface area (Å²) in [4.78, 5) is 35.5. The van der Waals surface area contributed by atoms with E-state index in [1.54, 1.807) is 43.5 Å². The quantitative estimate of drug-likeness (QED) is 0.372. The second kappa shape index (κ2) is 8.88. The number of amides is 1. The number of nitrogens with one attached hydrogen (secondary N) is 1. The standard InChI is InChI=1S/C22H19NO6/c1-14(24)17-7-3-4-8-18(17)23-20(25)13-28-21(26)11-10-16-12-15-6-5-9-19(27-2)22(15)29-16/h3-12H,13H2,1-2H3,(H,23,25). The summed E-state index contributed by atoms with van der Waals surface area (Å²) in [7, 11) is 1.55. The lowest BCUT2D eigenvalue weighted by molar-refractivity contribution is -0.142. The Hall–Kier alpha value is -3.87. The highest BCUT2D eigenvalue weighted by molar-refractivity contribution is 6.04. The number of para-hydroxylation sites is 2. The lowest BCUT2D eigenvalue weighted by Gasteiger charge is -2.08. The number of carbonyl (C=O) groups excluding carboxylic acids is 3. The molecule has 0 spiro atoms. The first kappa shape index (κ1) is 19.9. The number of benzene rings is 2. The van der Waals surface area contributed by atoms with Crippen molar-refractivity contribution < 1.29 is 28.3 Å². The zero-order valence-electron chi connectivity index (χ0n) is 15.9. The third kappa shape index (κ3) is 4.90. The molecule has 0 bridgehead atoms. The number of hydrogen-bond donors (Lipinski definition) is 1. The van der Waals surface area contributed by atoms with Gasteiger partial charge in [-0.25, -0.2) is 4.79 Å². The van der Waals surface area contributed by atoms with Gasteiger partial charge in [-0.05, 0) is 37.3 Å². The maximum absolute atomic E-state index is 12.0. The monoisotopic (exact) mass is 393 g/mol. The van der Waals surface area contributed by atoms with Crippen LogP contribution >= 0.6 is 0 Å². The number of ketones is 1. The summed E-state index contributed by atoms with van der Waals surface area (Å²) in [6, 6.07) is 13.8. The Bertz CT molecular complexity index is 1100. The highest BCUT2D eigenvalue weighted by Gasteiger charge is 2.11. The minimum absolute atomic E-state index is 0.178. The van der Waals surface area contributed by atoms with Crippen molar-refractivity contribution in [2.75, 3.05) is 19.0 Å². The Morgan fingerprint density at radius 2 is 1.90 bits per heavy atom. The molecular weight excluding hydrogens is 374 g/mol. The van der Waals surface area contributed by atoms with E-state index in [-0.39, 0.29) is 5.78 Å². The topological polar surface area (TPSA) is 94.8 Å². The maximum Gasteiger partial charge on any atom is 0.331 e. The predicted molar refractivity (Wildman–Crippen MR) is 108 cm³/mol. The van der Waals surface area contributed by atoms with E-state index in [2.05, 4.69) is 5.32 Å². The fourth-order valence-corrected chi connectivity index (χ4v) is 2.72. The molecule has 0 aliphatic carbocycles. The number of hydrogen-bond acceptors (Lipinski definition) is 6. The van der Waals surface area contributed by atoms with Crippen LogP contribution in [0.4, 0.5) is 5.69 Å². The van der Waals surface area contributed by atoms with Crippen molar-refractivity contribution in [3.8, 4) is 5.75 Å². The molecule has 7 heteroatoms. The third-order valence-electron chi connectivity index (χ3n) is 4.06. The van der Waals surface area contributed by atoms with Gasteiger partial charge in [0, 0.05) is 17.0 Å². The van der Waals surface area contributed by atoms with Crippen molar-refractivity contribution in [1.29, 1.82) is 0 Å². The zero-order chi connectivity index (χ0) is 20.8. The van der Waals surface area contributed by atoms with E-state index in [1.165, 1.54) is 19.1 Å². The number of methoxy groups -OCH3 is 1. The molecule has 1 aromatic heterocycles. The van der Waals surface area contributed by atoms with Gasteiger partial charge in [-0.2, -0.15) is 0 Å². The SMILES string of the molecule is COc1cccc2cc(C=CC(=O)OCC(=O)Nc3ccccc3C(C)=O)oc12. The van der Waals surface area contributed by atoms with Crippen LogP contribution in [0.5, 0.6) is 5.75 Å². The van der Waals surface area contributed by atoms with Crippen LogP contribution in [0.1, 0.15) is 23.0 Å². The molecule has 3 aromatic rings. The van der Waals surface area contributed by atoms with E-state index in [4.69, 9.17) is 13.9 Å². The average molecular weight is 393 g/mol. The molecule has 29 heavy (non-hydrogen) atoms. The number of furan rings is 1. The summed E-state index contributed by atoms with van der Waals surface area (Å²) < 4.78 is 15.8. The number of esters is 1. The molecule has 0 radical (unpaired) electrons. The van der Waals surface area contributed by atoms with Gasteiger partial charge >= 0.3 is 5.97 Å². The van der Waals surface area contributed by atoms with Gasteiger partial charge in [-0.3, -0.25) is 9.59 Å². The molecule has 1 heterocycles. The zero-order valence-corrected chi connectivity index (χ0v) is 15.9. The van der Waals surface area contributed by atoms with Crippen molar-refractivity contribution in [2.45, 2.75) is 6.92 Å². The molecule has 0 unspecified atom stereocenters. The minimum Gasteiger partial charge on any atom is -0.493 e. The van der Waals surface area contributed by atoms with Gasteiger partial charge in [0.25, 0.3) is 5.91 Å². The number of ether oxygens (including phenoxy) is 2. The summed E-state index contributed by atoms with van der Waals surface area (Å²) >= 11 is 0.